The molecule has 0 fully saturated rings. The highest BCUT2D eigenvalue weighted by atomic mass is 32.2. The zero-order valence-corrected chi connectivity index (χ0v) is 11.1. The first-order chi connectivity index (χ1) is 8.25. The molecule has 0 amide bonds. The van der Waals surface area contributed by atoms with Gasteiger partial charge < -0.3 is 0 Å². The van der Waals surface area contributed by atoms with Gasteiger partial charge >= 0.3 is 0 Å². The van der Waals surface area contributed by atoms with Gasteiger partial charge in [-0.15, -0.1) is 0 Å². The molecule has 1 rings (SSSR count). The summed E-state index contributed by atoms with van der Waals surface area (Å²) >= 11 is 0. The van der Waals surface area contributed by atoms with Crippen LogP contribution in [-0.2, 0) is 10.0 Å². The van der Waals surface area contributed by atoms with E-state index in [1.165, 1.54) is 33.2 Å². The molecular formula is C11H12N4O2S. The molecule has 0 bridgehead atoms. The maximum atomic E-state index is 12.2. The predicted molar refractivity (Wildman–Crippen MR) is 63.6 cm³/mol. The van der Waals surface area contributed by atoms with E-state index < -0.39 is 15.6 Å². The van der Waals surface area contributed by atoms with Crippen molar-refractivity contribution in [2.45, 2.75) is 24.3 Å². The Hall–Kier alpha value is -1.96. The second-order valence-electron chi connectivity index (χ2n) is 4.16. The summed E-state index contributed by atoms with van der Waals surface area (Å²) in [5.41, 5.74) is -1.03. The Morgan fingerprint density at radius 3 is 2.44 bits per heavy atom. The van der Waals surface area contributed by atoms with Crippen LogP contribution < -0.4 is 0 Å². The molecule has 0 radical (unpaired) electrons. The molecular weight excluding hydrogens is 252 g/mol. The SMILES string of the molecule is CN(C(C)(C)C#N)S(=O)(=O)c1cncc(C#N)c1. The minimum atomic E-state index is -3.84. The minimum Gasteiger partial charge on any atom is -0.262 e. The monoisotopic (exact) mass is 264 g/mol. The average Bonchev–Trinajstić information content (AvgIpc) is 2.37. The fourth-order valence-electron chi connectivity index (χ4n) is 1.15. The van der Waals surface area contributed by atoms with Crippen LogP contribution in [0.2, 0.25) is 0 Å². The third-order valence-corrected chi connectivity index (χ3v) is 4.56. The molecule has 1 aromatic rings. The second kappa shape index (κ2) is 4.73. The molecule has 94 valence electrons. The van der Waals surface area contributed by atoms with Crippen LogP contribution in [0.1, 0.15) is 19.4 Å². The van der Waals surface area contributed by atoms with Crippen LogP contribution in [0.15, 0.2) is 23.4 Å². The Balaban J connectivity index is 3.32. The maximum absolute atomic E-state index is 12.2. The summed E-state index contributed by atoms with van der Waals surface area (Å²) in [7, 11) is -2.53. The zero-order valence-electron chi connectivity index (χ0n) is 10.2. The van der Waals surface area contributed by atoms with Crippen molar-refractivity contribution in [2.24, 2.45) is 0 Å². The van der Waals surface area contributed by atoms with Crippen LogP contribution in [0.25, 0.3) is 0 Å². The average molecular weight is 264 g/mol. The van der Waals surface area contributed by atoms with Gasteiger partial charge in [0.2, 0.25) is 10.0 Å². The molecule has 7 heteroatoms. The molecule has 0 saturated heterocycles. The van der Waals surface area contributed by atoms with Crippen LogP contribution in [0.3, 0.4) is 0 Å². The third kappa shape index (κ3) is 2.48. The molecule has 0 atom stereocenters. The molecule has 1 aromatic heterocycles. The van der Waals surface area contributed by atoms with Gasteiger partial charge in [-0.3, -0.25) is 4.98 Å². The minimum absolute atomic E-state index is 0.104. The highest BCUT2D eigenvalue weighted by Gasteiger charge is 2.34. The largest absolute Gasteiger partial charge is 0.262 e. The molecule has 0 spiro atoms. The predicted octanol–water partition coefficient (Wildman–Crippen LogP) is 0.876. The Morgan fingerprint density at radius 1 is 1.33 bits per heavy atom. The van der Waals surface area contributed by atoms with E-state index in [2.05, 4.69) is 4.98 Å². The first-order valence-electron chi connectivity index (χ1n) is 5.01. The van der Waals surface area contributed by atoms with E-state index in [-0.39, 0.29) is 10.5 Å². The van der Waals surface area contributed by atoms with E-state index >= 15 is 0 Å². The number of hydrogen-bond acceptors (Lipinski definition) is 5. The van der Waals surface area contributed by atoms with Crippen LogP contribution in [0.5, 0.6) is 0 Å². The van der Waals surface area contributed by atoms with Crippen molar-refractivity contribution in [3.63, 3.8) is 0 Å². The number of nitrogens with zero attached hydrogens (tertiary/aromatic N) is 4. The van der Waals surface area contributed by atoms with Gasteiger partial charge in [-0.2, -0.15) is 14.8 Å². The van der Waals surface area contributed by atoms with Crippen molar-refractivity contribution in [1.82, 2.24) is 9.29 Å². The van der Waals surface area contributed by atoms with Crippen molar-refractivity contribution in [3.05, 3.63) is 24.0 Å². The zero-order chi connectivity index (χ0) is 14.0. The standard InChI is InChI=1S/C11H12N4O2S/c1-11(2,8-13)15(3)18(16,17)10-4-9(5-12)6-14-7-10/h4,6-7H,1-3H3. The molecule has 0 aromatic carbocycles. The molecule has 6 nitrogen and oxygen atoms in total. The van der Waals surface area contributed by atoms with E-state index in [1.807, 2.05) is 12.1 Å². The van der Waals surface area contributed by atoms with Crippen molar-refractivity contribution in [1.29, 1.82) is 10.5 Å². The molecule has 0 N–H and O–H groups in total. The van der Waals surface area contributed by atoms with Gasteiger partial charge in [-0.25, -0.2) is 8.42 Å². The van der Waals surface area contributed by atoms with Gasteiger partial charge in [0.1, 0.15) is 16.5 Å². The first-order valence-corrected chi connectivity index (χ1v) is 6.45. The summed E-state index contributed by atoms with van der Waals surface area (Å²) in [5.74, 6) is 0. The number of pyridine rings is 1. The normalized spacial score (nSPS) is 11.9. The van der Waals surface area contributed by atoms with E-state index in [0.29, 0.717) is 0 Å². The highest BCUT2D eigenvalue weighted by Crippen LogP contribution is 2.22. The lowest BCUT2D eigenvalue weighted by Gasteiger charge is -2.27. The van der Waals surface area contributed by atoms with E-state index in [0.717, 1.165) is 10.5 Å². The number of rotatable bonds is 3. The number of nitriles is 2. The Kier molecular flexibility index (Phi) is 3.70. The van der Waals surface area contributed by atoms with Gasteiger partial charge in [0.25, 0.3) is 0 Å². The molecule has 0 aliphatic rings. The summed E-state index contributed by atoms with van der Waals surface area (Å²) in [6.07, 6.45) is 2.43. The van der Waals surface area contributed by atoms with Gasteiger partial charge in [0.15, 0.2) is 0 Å². The van der Waals surface area contributed by atoms with Crippen molar-refractivity contribution in [2.75, 3.05) is 7.05 Å². The Labute approximate surface area is 106 Å². The van der Waals surface area contributed by atoms with Gasteiger partial charge in [-0.05, 0) is 19.9 Å². The lowest BCUT2D eigenvalue weighted by Crippen LogP contribution is -2.43. The molecule has 0 aliphatic heterocycles. The molecule has 0 unspecified atom stereocenters. The maximum Gasteiger partial charge on any atom is 0.245 e. The van der Waals surface area contributed by atoms with Crippen molar-refractivity contribution < 1.29 is 8.42 Å². The van der Waals surface area contributed by atoms with Crippen molar-refractivity contribution >= 4 is 10.0 Å². The number of hydrogen-bond donors (Lipinski definition) is 0. The third-order valence-electron chi connectivity index (χ3n) is 2.56. The Bertz CT molecular complexity index is 638. The van der Waals surface area contributed by atoms with Crippen LogP contribution in [0.4, 0.5) is 0 Å². The summed E-state index contributed by atoms with van der Waals surface area (Å²) in [6, 6.07) is 4.96. The quantitative estimate of drug-likeness (QED) is 0.807. The topological polar surface area (TPSA) is 97.8 Å². The Morgan fingerprint density at radius 2 is 1.94 bits per heavy atom. The second-order valence-corrected chi connectivity index (χ2v) is 6.13. The first kappa shape index (κ1) is 14.1. The fraction of sp³-hybridized carbons (Fsp3) is 0.364. The van der Waals surface area contributed by atoms with Gasteiger partial charge in [0.05, 0.1) is 11.6 Å². The summed E-state index contributed by atoms with van der Waals surface area (Å²) in [5, 5.41) is 17.7. The lowest BCUT2D eigenvalue weighted by atomic mass is 10.1. The van der Waals surface area contributed by atoms with E-state index in [1.54, 1.807) is 0 Å². The lowest BCUT2D eigenvalue weighted by molar-refractivity contribution is 0.337. The van der Waals surface area contributed by atoms with E-state index in [4.69, 9.17) is 10.5 Å². The molecule has 1 heterocycles. The van der Waals surface area contributed by atoms with Gasteiger partial charge in [-0.1, -0.05) is 0 Å². The van der Waals surface area contributed by atoms with Gasteiger partial charge in [0, 0.05) is 19.4 Å². The molecule has 18 heavy (non-hydrogen) atoms. The molecule has 0 aliphatic carbocycles. The van der Waals surface area contributed by atoms with E-state index in [9.17, 15) is 8.42 Å². The molecule has 0 saturated carbocycles. The van der Waals surface area contributed by atoms with Crippen LogP contribution in [-0.4, -0.2) is 30.3 Å². The summed E-state index contributed by atoms with van der Waals surface area (Å²) in [4.78, 5) is 3.60. The fourth-order valence-corrected chi connectivity index (χ4v) is 2.58. The number of sulfonamides is 1. The van der Waals surface area contributed by atoms with Crippen LogP contribution in [0, 0.1) is 22.7 Å². The summed E-state index contributed by atoms with van der Waals surface area (Å²) < 4.78 is 25.4. The smallest absolute Gasteiger partial charge is 0.245 e. The van der Waals surface area contributed by atoms with Crippen LogP contribution >= 0.6 is 0 Å². The highest BCUT2D eigenvalue weighted by molar-refractivity contribution is 7.89. The number of aromatic nitrogens is 1. The summed E-state index contributed by atoms with van der Waals surface area (Å²) in [6.45, 7) is 2.98. The van der Waals surface area contributed by atoms with Crippen molar-refractivity contribution in [3.8, 4) is 12.1 Å².